The third-order valence-electron chi connectivity index (χ3n) is 3.46. The van der Waals surface area contributed by atoms with E-state index >= 15 is 0 Å². The van der Waals surface area contributed by atoms with Crippen LogP contribution in [0.15, 0.2) is 58.8 Å². The van der Waals surface area contributed by atoms with Gasteiger partial charge in [-0.2, -0.15) is 0 Å². The summed E-state index contributed by atoms with van der Waals surface area (Å²) in [5.41, 5.74) is 1.04. The number of aromatic nitrogens is 1. The Morgan fingerprint density at radius 1 is 1.03 bits per heavy atom. The molecule has 0 aliphatic heterocycles. The second kappa shape index (κ2) is 8.28. The number of amides is 2. The fraction of sp³-hybridized carbons (Fsp3) is 0.0588. The molecule has 0 aliphatic carbocycles. The van der Waals surface area contributed by atoms with Gasteiger partial charge in [-0.05, 0) is 48.5 Å². The maximum absolute atomic E-state index is 13.0. The summed E-state index contributed by atoms with van der Waals surface area (Å²) in [5.74, 6) is -1.03. The van der Waals surface area contributed by atoms with E-state index in [1.165, 1.54) is 24.3 Å². The van der Waals surface area contributed by atoms with Gasteiger partial charge < -0.3 is 4.74 Å². The van der Waals surface area contributed by atoms with Crippen LogP contribution in [0.25, 0.3) is 11.3 Å². The van der Waals surface area contributed by atoms with E-state index in [0.29, 0.717) is 11.3 Å². The number of halogens is 4. The largest absolute Gasteiger partial charge is 0.573 e. The molecular weight excluding hydrogens is 450 g/mol. The fourth-order valence-electron chi connectivity index (χ4n) is 2.21. The number of ether oxygens (including phenoxy) is 1. The van der Waals surface area contributed by atoms with Crippen LogP contribution in [-0.2, 0) is 10.0 Å². The molecule has 0 spiro atoms. The van der Waals surface area contributed by atoms with Gasteiger partial charge in [0.15, 0.2) is 5.13 Å². The van der Waals surface area contributed by atoms with Crippen LogP contribution in [0.3, 0.4) is 0 Å². The van der Waals surface area contributed by atoms with Gasteiger partial charge in [-0.3, -0.25) is 5.32 Å². The molecule has 1 heterocycles. The van der Waals surface area contributed by atoms with Gasteiger partial charge >= 0.3 is 12.4 Å². The number of hydrogen-bond donors (Lipinski definition) is 2. The molecule has 0 unspecified atom stereocenters. The van der Waals surface area contributed by atoms with Crippen molar-refractivity contribution < 1.29 is 35.5 Å². The molecule has 2 aromatic carbocycles. The quantitative estimate of drug-likeness (QED) is 0.551. The predicted molar refractivity (Wildman–Crippen MR) is 100.0 cm³/mol. The highest BCUT2D eigenvalue weighted by molar-refractivity contribution is 7.90. The van der Waals surface area contributed by atoms with E-state index in [1.807, 2.05) is 0 Å². The van der Waals surface area contributed by atoms with Crippen LogP contribution in [0.1, 0.15) is 0 Å². The van der Waals surface area contributed by atoms with Crippen molar-refractivity contribution in [2.45, 2.75) is 11.3 Å². The summed E-state index contributed by atoms with van der Waals surface area (Å²) in [7, 11) is -4.35. The van der Waals surface area contributed by atoms with Crippen molar-refractivity contribution >= 4 is 32.5 Å². The van der Waals surface area contributed by atoms with Crippen LogP contribution >= 0.6 is 11.3 Å². The molecule has 0 saturated heterocycles. The SMILES string of the molecule is O=C(Nc1nc(-c2ccc(F)cc2)cs1)NS(=O)(=O)c1ccc(OC(F)(F)F)cc1. The predicted octanol–water partition coefficient (Wildman–Crippen LogP) is 4.36. The number of alkyl halides is 3. The molecule has 3 rings (SSSR count). The first-order valence-electron chi connectivity index (χ1n) is 7.93. The molecule has 0 radical (unpaired) electrons. The molecule has 0 saturated carbocycles. The Labute approximate surface area is 171 Å². The molecule has 7 nitrogen and oxygen atoms in total. The van der Waals surface area contributed by atoms with Gasteiger partial charge in [0.1, 0.15) is 11.6 Å². The van der Waals surface area contributed by atoms with Crippen LogP contribution in [0.2, 0.25) is 0 Å². The second-order valence-corrected chi connectivity index (χ2v) is 8.16. The maximum Gasteiger partial charge on any atom is 0.573 e. The summed E-state index contributed by atoms with van der Waals surface area (Å²) < 4.78 is 79.2. The van der Waals surface area contributed by atoms with Crippen molar-refractivity contribution in [1.29, 1.82) is 0 Å². The zero-order valence-electron chi connectivity index (χ0n) is 14.6. The van der Waals surface area contributed by atoms with E-state index in [9.17, 15) is 30.8 Å². The number of thiazole rings is 1. The number of hydrogen-bond acceptors (Lipinski definition) is 6. The number of sulfonamides is 1. The Bertz CT molecular complexity index is 1140. The molecule has 3 aromatic rings. The van der Waals surface area contributed by atoms with Gasteiger partial charge in [0.2, 0.25) is 0 Å². The minimum absolute atomic E-state index is 0.0796. The summed E-state index contributed by atoms with van der Waals surface area (Å²) in [6.45, 7) is 0. The Morgan fingerprint density at radius 2 is 1.67 bits per heavy atom. The molecule has 158 valence electrons. The second-order valence-electron chi connectivity index (χ2n) is 5.62. The number of nitrogens with zero attached hydrogens (tertiary/aromatic N) is 1. The highest BCUT2D eigenvalue weighted by Gasteiger charge is 2.31. The third kappa shape index (κ3) is 5.67. The van der Waals surface area contributed by atoms with E-state index in [-0.39, 0.29) is 5.13 Å². The highest BCUT2D eigenvalue weighted by Crippen LogP contribution is 2.26. The Hall–Kier alpha value is -3.19. The lowest BCUT2D eigenvalue weighted by Crippen LogP contribution is -2.34. The summed E-state index contributed by atoms with van der Waals surface area (Å²) in [4.78, 5) is 15.6. The van der Waals surface area contributed by atoms with Gasteiger partial charge in [0.05, 0.1) is 10.6 Å². The van der Waals surface area contributed by atoms with Crippen LogP contribution in [0.5, 0.6) is 5.75 Å². The number of rotatable bonds is 5. The average Bonchev–Trinajstić information content (AvgIpc) is 3.09. The molecule has 1 aromatic heterocycles. The summed E-state index contributed by atoms with van der Waals surface area (Å²) in [6, 6.07) is 7.66. The monoisotopic (exact) mass is 461 g/mol. The van der Waals surface area contributed by atoms with Crippen LogP contribution in [-0.4, -0.2) is 25.8 Å². The van der Waals surface area contributed by atoms with Gasteiger partial charge in [-0.15, -0.1) is 24.5 Å². The number of urea groups is 1. The van der Waals surface area contributed by atoms with Crippen molar-refractivity contribution in [1.82, 2.24) is 9.71 Å². The maximum atomic E-state index is 13.0. The molecule has 30 heavy (non-hydrogen) atoms. The first-order valence-corrected chi connectivity index (χ1v) is 10.3. The van der Waals surface area contributed by atoms with E-state index in [0.717, 1.165) is 35.6 Å². The zero-order valence-corrected chi connectivity index (χ0v) is 16.2. The van der Waals surface area contributed by atoms with E-state index < -0.39 is 38.9 Å². The molecule has 0 fully saturated rings. The molecule has 0 bridgehead atoms. The van der Waals surface area contributed by atoms with Crippen LogP contribution < -0.4 is 14.8 Å². The number of nitrogens with one attached hydrogen (secondary N) is 2. The molecule has 0 atom stereocenters. The van der Waals surface area contributed by atoms with Crippen molar-refractivity contribution in [2.75, 3.05) is 5.32 Å². The number of carbonyl (C=O) groups is 1. The molecule has 2 amide bonds. The van der Waals surface area contributed by atoms with Crippen molar-refractivity contribution in [3.63, 3.8) is 0 Å². The number of carbonyl (C=O) groups excluding carboxylic acids is 1. The lowest BCUT2D eigenvalue weighted by molar-refractivity contribution is -0.274. The number of benzene rings is 2. The average molecular weight is 461 g/mol. The van der Waals surface area contributed by atoms with Gasteiger partial charge in [-0.25, -0.2) is 27.3 Å². The smallest absolute Gasteiger partial charge is 0.406 e. The Kier molecular flexibility index (Phi) is 5.94. The normalized spacial score (nSPS) is 11.7. The van der Waals surface area contributed by atoms with Crippen LogP contribution in [0, 0.1) is 5.82 Å². The minimum Gasteiger partial charge on any atom is -0.406 e. The van der Waals surface area contributed by atoms with Gasteiger partial charge in [0, 0.05) is 10.9 Å². The Balaban J connectivity index is 1.64. The third-order valence-corrected chi connectivity index (χ3v) is 5.56. The van der Waals surface area contributed by atoms with Crippen molar-refractivity contribution in [3.05, 3.63) is 59.7 Å². The summed E-state index contributed by atoms with van der Waals surface area (Å²) in [6.07, 6.45) is -4.92. The number of anilines is 1. The molecule has 2 N–H and O–H groups in total. The summed E-state index contributed by atoms with van der Waals surface area (Å²) in [5, 5.41) is 3.90. The standard InChI is InChI=1S/C17H11F4N3O4S2/c18-11-3-1-10(2-4-11)14-9-29-16(22-14)23-15(25)24-30(26,27)13-7-5-12(6-8-13)28-17(19,20)21/h1-9H,(H2,22,23,24,25). The topological polar surface area (TPSA) is 97.4 Å². The fourth-order valence-corrected chi connectivity index (χ4v) is 3.83. The molecule has 13 heteroatoms. The van der Waals surface area contributed by atoms with E-state index in [4.69, 9.17) is 0 Å². The summed E-state index contributed by atoms with van der Waals surface area (Å²) >= 11 is 1.01. The zero-order chi connectivity index (χ0) is 21.9. The van der Waals surface area contributed by atoms with Crippen molar-refractivity contribution in [2.24, 2.45) is 0 Å². The molecule has 0 aliphatic rings. The minimum atomic E-state index is -4.92. The molecular formula is C17H11F4N3O4S2. The van der Waals surface area contributed by atoms with Crippen LogP contribution in [0.4, 0.5) is 27.5 Å². The first kappa shape index (κ1) is 21.5. The Morgan fingerprint density at radius 3 is 2.27 bits per heavy atom. The van der Waals surface area contributed by atoms with Crippen molar-refractivity contribution in [3.8, 4) is 17.0 Å². The van der Waals surface area contributed by atoms with Gasteiger partial charge in [-0.1, -0.05) is 0 Å². The highest BCUT2D eigenvalue weighted by atomic mass is 32.2. The first-order chi connectivity index (χ1) is 14.0. The lowest BCUT2D eigenvalue weighted by atomic mass is 10.2. The van der Waals surface area contributed by atoms with E-state index in [1.54, 1.807) is 10.1 Å². The lowest BCUT2D eigenvalue weighted by Gasteiger charge is -2.10. The van der Waals surface area contributed by atoms with E-state index in [2.05, 4.69) is 15.0 Å². The van der Waals surface area contributed by atoms with Gasteiger partial charge in [0.25, 0.3) is 10.0 Å².